The first-order valence-electron chi connectivity index (χ1n) is 24.4. The van der Waals surface area contributed by atoms with Gasteiger partial charge in [0.15, 0.2) is 0 Å². The van der Waals surface area contributed by atoms with Crippen LogP contribution in [0.15, 0.2) is 111 Å². The minimum Gasteiger partial charge on any atom is -0.261 e. The molecule has 0 N–H and O–H groups in total. The van der Waals surface area contributed by atoms with Crippen molar-refractivity contribution in [3.05, 3.63) is 145 Å². The Hall–Kier alpha value is -5.52. The van der Waals surface area contributed by atoms with Gasteiger partial charge in [-0.05, 0) is 71.0 Å². The van der Waals surface area contributed by atoms with E-state index in [1.54, 1.807) is 68.4 Å². The van der Waals surface area contributed by atoms with E-state index in [0.717, 1.165) is 22.9 Å². The van der Waals surface area contributed by atoms with Crippen LogP contribution in [0.5, 0.6) is 0 Å². The molecule has 12 nitrogen and oxygen atoms in total. The first-order valence-corrected chi connectivity index (χ1v) is 24.4. The number of rotatable bonds is 6. The van der Waals surface area contributed by atoms with Crippen molar-refractivity contribution in [1.82, 2.24) is 60.3 Å². The third-order valence-corrected chi connectivity index (χ3v) is 7.18. The maximum absolute atomic E-state index is 4.12. The Morgan fingerprint density at radius 1 is 0.313 bits per heavy atom. The van der Waals surface area contributed by atoms with Crippen molar-refractivity contribution in [2.75, 3.05) is 0 Å². The molecule has 0 atom stereocenters. The third-order valence-electron chi connectivity index (χ3n) is 7.18. The summed E-state index contributed by atoms with van der Waals surface area (Å²) < 4.78 is 0. The first-order chi connectivity index (χ1) is 31.8. The Balaban J connectivity index is -0.000000123. The van der Waals surface area contributed by atoms with Gasteiger partial charge in [0.1, 0.15) is 18.5 Å². The normalized spacial score (nSPS) is 8.69. The summed E-state index contributed by atoms with van der Waals surface area (Å²) in [5.41, 5.74) is 5.64. The van der Waals surface area contributed by atoms with Crippen molar-refractivity contribution in [3.8, 4) is 0 Å². The lowest BCUT2D eigenvalue weighted by molar-refractivity contribution is 0.774. The molecule has 0 aliphatic carbocycles. The van der Waals surface area contributed by atoms with Crippen LogP contribution in [-0.4, -0.2) is 60.3 Å². The Bertz CT molecular complexity index is 1360. The molecule has 0 fully saturated rings. The second-order valence-electron chi connectivity index (χ2n) is 13.8. The van der Waals surface area contributed by atoms with E-state index in [-0.39, 0.29) is 7.43 Å². The minimum absolute atomic E-state index is 0. The number of hydrogen-bond donors (Lipinski definition) is 0. The van der Waals surface area contributed by atoms with Crippen molar-refractivity contribution in [2.45, 2.75) is 209 Å². The highest BCUT2D eigenvalue weighted by atomic mass is 15.1. The zero-order valence-electron chi connectivity index (χ0n) is 46.2. The van der Waals surface area contributed by atoms with Gasteiger partial charge in [-0.15, -0.1) is 0 Å². The summed E-state index contributed by atoms with van der Waals surface area (Å²) in [5.74, 6) is 3.92. The lowest BCUT2D eigenvalue weighted by Gasteiger charge is -2.00. The van der Waals surface area contributed by atoms with E-state index in [0.29, 0.717) is 35.5 Å². The summed E-state index contributed by atoms with van der Waals surface area (Å²) in [6.07, 6.45) is 22.5. The van der Waals surface area contributed by atoms with Gasteiger partial charge >= 0.3 is 0 Å². The largest absolute Gasteiger partial charge is 0.261 e. The molecule has 6 aromatic heterocycles. The zero-order valence-corrected chi connectivity index (χ0v) is 46.2. The van der Waals surface area contributed by atoms with Gasteiger partial charge in [0.2, 0.25) is 0 Å². The molecule has 0 aromatic carbocycles. The van der Waals surface area contributed by atoms with Gasteiger partial charge in [0.05, 0.1) is 17.6 Å². The Kier molecular flexibility index (Phi) is 66.2. The molecule has 67 heavy (non-hydrogen) atoms. The van der Waals surface area contributed by atoms with Crippen molar-refractivity contribution >= 4 is 0 Å². The summed E-state index contributed by atoms with van der Waals surface area (Å²) in [5, 5.41) is 15.1. The molecule has 0 saturated carbocycles. The van der Waals surface area contributed by atoms with Crippen molar-refractivity contribution in [1.29, 1.82) is 0 Å². The SMILES string of the molecule is C.CC.CC.CC.CC.CC.CC.CC(C)c1cccnn1.CC(C)c1ccncn1.CC(C)c1ccnnc1.CC(C)c1cnccn1.CC(C)c1cncnc1.CC(C)c1ncccn1. The van der Waals surface area contributed by atoms with Crippen LogP contribution >= 0.6 is 0 Å². The van der Waals surface area contributed by atoms with E-state index >= 15 is 0 Å². The molecular weight excluding hydrogens is 829 g/mol. The summed E-state index contributed by atoms with van der Waals surface area (Å²) in [7, 11) is 0. The van der Waals surface area contributed by atoms with E-state index in [1.807, 2.05) is 126 Å². The van der Waals surface area contributed by atoms with Crippen LogP contribution in [0.2, 0.25) is 0 Å². The maximum atomic E-state index is 4.12. The third kappa shape index (κ3) is 46.8. The average Bonchev–Trinajstić information content (AvgIpc) is 3.40. The Morgan fingerprint density at radius 2 is 0.836 bits per heavy atom. The smallest absolute Gasteiger partial charge is 0.130 e. The number of aromatic nitrogens is 12. The molecular formula is C55H100N12. The van der Waals surface area contributed by atoms with Crippen molar-refractivity contribution in [3.63, 3.8) is 0 Å². The number of hydrogen-bond acceptors (Lipinski definition) is 12. The molecule has 0 spiro atoms. The van der Waals surface area contributed by atoms with Crippen LogP contribution in [0.4, 0.5) is 0 Å². The van der Waals surface area contributed by atoms with E-state index in [9.17, 15) is 0 Å². The van der Waals surface area contributed by atoms with E-state index in [1.165, 1.54) is 11.1 Å². The fourth-order valence-electron chi connectivity index (χ4n) is 3.73. The molecule has 6 rings (SSSR count). The van der Waals surface area contributed by atoms with Crippen LogP contribution in [0.3, 0.4) is 0 Å². The average molecular weight is 929 g/mol. The van der Waals surface area contributed by atoms with Crippen molar-refractivity contribution < 1.29 is 0 Å². The van der Waals surface area contributed by atoms with Crippen LogP contribution in [0.1, 0.15) is 243 Å². The standard InChI is InChI=1S/6C7H10N2.6C2H6.CH4/c1-6(2)7-3-8-5-9-4-7;1-6(2)7-5-8-3-4-9-7;1-6(2)7-3-4-8-5-9-7;1-6(2)7-3-4-8-9-5-7;1-6(2)7-8-4-3-5-9-7;1-6(2)7-4-3-5-8-9-7;6*1-2;/h6*3-6H,1-2H3;6*1-2H3;1H4. The summed E-state index contributed by atoms with van der Waals surface area (Å²) >= 11 is 0. The molecule has 0 aliphatic heterocycles. The monoisotopic (exact) mass is 929 g/mol. The van der Waals surface area contributed by atoms with Gasteiger partial charge in [0.25, 0.3) is 0 Å². The van der Waals surface area contributed by atoms with Crippen molar-refractivity contribution in [2.24, 2.45) is 0 Å². The molecule has 6 aromatic rings. The van der Waals surface area contributed by atoms with Crippen LogP contribution in [-0.2, 0) is 0 Å². The highest BCUT2D eigenvalue weighted by Crippen LogP contribution is 2.11. The van der Waals surface area contributed by atoms with Gasteiger partial charge < -0.3 is 0 Å². The lowest BCUT2D eigenvalue weighted by atomic mass is 10.1. The quantitative estimate of drug-likeness (QED) is 0.156. The molecule has 12 heteroatoms. The molecule has 0 bridgehead atoms. The van der Waals surface area contributed by atoms with E-state index in [2.05, 4.69) is 143 Å². The second kappa shape index (κ2) is 58.5. The predicted molar refractivity (Wildman–Crippen MR) is 292 cm³/mol. The molecule has 0 radical (unpaired) electrons. The minimum atomic E-state index is 0. The van der Waals surface area contributed by atoms with Crippen LogP contribution in [0, 0.1) is 0 Å². The highest BCUT2D eigenvalue weighted by Gasteiger charge is 2.00. The van der Waals surface area contributed by atoms with Gasteiger partial charge in [-0.3, -0.25) is 9.97 Å². The van der Waals surface area contributed by atoms with Gasteiger partial charge in [0, 0.05) is 73.6 Å². The molecule has 0 saturated heterocycles. The topological polar surface area (TPSA) is 155 Å². The van der Waals surface area contributed by atoms with Gasteiger partial charge in [-0.1, -0.05) is 174 Å². The molecule has 0 amide bonds. The number of nitrogens with zero attached hydrogens (tertiary/aromatic N) is 12. The van der Waals surface area contributed by atoms with Crippen LogP contribution < -0.4 is 0 Å². The molecule has 0 unspecified atom stereocenters. The molecule has 380 valence electrons. The molecule has 0 aliphatic rings. The first kappa shape index (κ1) is 75.8. The summed E-state index contributed by atoms with van der Waals surface area (Å²) in [6, 6.07) is 9.63. The van der Waals surface area contributed by atoms with E-state index in [4.69, 9.17) is 0 Å². The Labute approximate surface area is 413 Å². The van der Waals surface area contributed by atoms with Gasteiger partial charge in [-0.2, -0.15) is 20.4 Å². The molecule has 6 heterocycles. The second-order valence-corrected chi connectivity index (χ2v) is 13.8. The predicted octanol–water partition coefficient (Wildman–Crippen LogP) is 16.4. The Morgan fingerprint density at radius 3 is 1.10 bits per heavy atom. The summed E-state index contributed by atoms with van der Waals surface area (Å²) in [4.78, 5) is 31.9. The maximum Gasteiger partial charge on any atom is 0.130 e. The fourth-order valence-corrected chi connectivity index (χ4v) is 3.73. The lowest BCUT2D eigenvalue weighted by Crippen LogP contribution is -1.93. The summed E-state index contributed by atoms with van der Waals surface area (Å²) in [6.45, 7) is 49.3. The van der Waals surface area contributed by atoms with Crippen LogP contribution in [0.25, 0.3) is 0 Å². The zero-order chi connectivity index (χ0) is 52.1. The van der Waals surface area contributed by atoms with Gasteiger partial charge in [-0.25, -0.2) is 29.9 Å². The highest BCUT2D eigenvalue weighted by molar-refractivity contribution is 5.09. The fraction of sp³-hybridized carbons (Fsp3) is 0.564. The van der Waals surface area contributed by atoms with E-state index < -0.39 is 0 Å².